The van der Waals surface area contributed by atoms with Crippen molar-refractivity contribution in [2.75, 3.05) is 17.3 Å². The van der Waals surface area contributed by atoms with E-state index in [1.54, 1.807) is 12.1 Å². The first-order valence-corrected chi connectivity index (χ1v) is 11.0. The second-order valence-electron chi connectivity index (χ2n) is 8.67. The summed E-state index contributed by atoms with van der Waals surface area (Å²) in [6.07, 6.45) is 1.01. The number of amides is 1. The van der Waals surface area contributed by atoms with Crippen LogP contribution in [0.25, 0.3) is 0 Å². The van der Waals surface area contributed by atoms with E-state index < -0.39 is 16.2 Å². The third-order valence-corrected chi connectivity index (χ3v) is 6.80. The second-order valence-corrected chi connectivity index (χ2v) is 8.67. The van der Waals surface area contributed by atoms with Gasteiger partial charge in [0.1, 0.15) is 28.7 Å². The molecule has 0 aromatic heterocycles. The van der Waals surface area contributed by atoms with E-state index in [9.17, 15) is 25.0 Å². The Balaban J connectivity index is 1.89. The van der Waals surface area contributed by atoms with Crippen LogP contribution in [0.2, 0.25) is 0 Å². The maximum absolute atomic E-state index is 13.7. The molecule has 35 heavy (non-hydrogen) atoms. The number of carbonyl (C=O) groups excluding carboxylic acids is 2. The molecule has 1 spiro atoms. The highest BCUT2D eigenvalue weighted by atomic mass is 16.6. The molecule has 3 aliphatic rings. The molecule has 0 bridgehead atoms. The molecule has 2 aliphatic heterocycles. The summed E-state index contributed by atoms with van der Waals surface area (Å²) in [5, 5.41) is 25.1. The Kier molecular flexibility index (Phi) is 4.87. The number of allylic oxidation sites excluding steroid dienone is 1. The standard InChI is InChI=1S/C25H21N5O5/c1-13-6-8-17-15(10-13)25(24(32)28-17)16(12-26)23(27)29(19-4-3-5-21(31)22(19)25)18-9-7-14(35-2)11-20(18)30(33)34/h6-11H,3-5,27H2,1-2H3,(H,28,32). The molecule has 2 aromatic carbocycles. The fraction of sp³-hybridized carbons (Fsp3) is 0.240. The van der Waals surface area contributed by atoms with Crippen molar-refractivity contribution < 1.29 is 19.2 Å². The zero-order valence-electron chi connectivity index (χ0n) is 19.0. The van der Waals surface area contributed by atoms with E-state index in [0.717, 1.165) is 5.56 Å². The van der Waals surface area contributed by atoms with Crippen molar-refractivity contribution in [3.05, 3.63) is 80.3 Å². The lowest BCUT2D eigenvalue weighted by Gasteiger charge is -2.43. The van der Waals surface area contributed by atoms with Crippen LogP contribution in [0.15, 0.2) is 59.1 Å². The van der Waals surface area contributed by atoms with Crippen LogP contribution in [0.5, 0.6) is 5.75 Å². The van der Waals surface area contributed by atoms with Crippen molar-refractivity contribution >= 4 is 28.8 Å². The molecule has 10 heteroatoms. The Morgan fingerprint density at radius 3 is 2.69 bits per heavy atom. The molecule has 2 heterocycles. The molecule has 0 saturated carbocycles. The Morgan fingerprint density at radius 2 is 2.00 bits per heavy atom. The number of ketones is 1. The van der Waals surface area contributed by atoms with Gasteiger partial charge in [0.15, 0.2) is 5.78 Å². The number of hydrogen-bond donors (Lipinski definition) is 2. The SMILES string of the molecule is COc1ccc(N2C(N)=C(C#N)C3(C(=O)Nc4ccc(C)cc43)C3=C2CCCC3=O)c([N+](=O)[O-])c1. The van der Waals surface area contributed by atoms with Crippen LogP contribution in [0.4, 0.5) is 17.1 Å². The van der Waals surface area contributed by atoms with Gasteiger partial charge in [0, 0.05) is 28.9 Å². The van der Waals surface area contributed by atoms with E-state index in [2.05, 4.69) is 11.4 Å². The summed E-state index contributed by atoms with van der Waals surface area (Å²) in [7, 11) is 1.39. The van der Waals surface area contributed by atoms with Gasteiger partial charge in [-0.25, -0.2) is 0 Å². The van der Waals surface area contributed by atoms with Crippen LogP contribution in [0, 0.1) is 28.4 Å². The fourth-order valence-corrected chi connectivity index (χ4v) is 5.34. The summed E-state index contributed by atoms with van der Waals surface area (Å²) < 4.78 is 5.14. The molecule has 1 unspecified atom stereocenters. The van der Waals surface area contributed by atoms with Crippen molar-refractivity contribution in [3.8, 4) is 11.8 Å². The van der Waals surface area contributed by atoms with E-state index in [1.165, 1.54) is 30.2 Å². The highest BCUT2D eigenvalue weighted by Crippen LogP contribution is 2.56. The van der Waals surface area contributed by atoms with Gasteiger partial charge in [0.05, 0.1) is 23.7 Å². The third-order valence-electron chi connectivity index (χ3n) is 6.80. The second kappa shape index (κ2) is 7.70. The fourth-order valence-electron chi connectivity index (χ4n) is 5.34. The number of aryl methyl sites for hydroxylation is 1. The van der Waals surface area contributed by atoms with Crippen molar-refractivity contribution in [2.45, 2.75) is 31.6 Å². The quantitative estimate of drug-likeness (QED) is 0.511. The van der Waals surface area contributed by atoms with E-state index in [-0.39, 0.29) is 46.3 Å². The number of nitrogens with two attached hydrogens (primary N) is 1. The summed E-state index contributed by atoms with van der Waals surface area (Å²) in [6.45, 7) is 1.85. The number of nitrogens with zero attached hydrogens (tertiary/aromatic N) is 3. The average molecular weight is 471 g/mol. The number of fused-ring (bicyclic) bond motifs is 3. The van der Waals surface area contributed by atoms with Crippen molar-refractivity contribution in [1.82, 2.24) is 0 Å². The van der Waals surface area contributed by atoms with Gasteiger partial charge in [0.2, 0.25) is 5.91 Å². The monoisotopic (exact) mass is 471 g/mol. The summed E-state index contributed by atoms with van der Waals surface area (Å²) in [6, 6.07) is 11.7. The minimum atomic E-state index is -1.72. The van der Waals surface area contributed by atoms with Gasteiger partial charge in [-0.3, -0.25) is 24.6 Å². The lowest BCUT2D eigenvalue weighted by Crippen LogP contribution is -2.50. The lowest BCUT2D eigenvalue weighted by atomic mass is 9.63. The number of ether oxygens (including phenoxy) is 1. The number of benzene rings is 2. The number of hydrogen-bond acceptors (Lipinski definition) is 8. The molecule has 5 rings (SSSR count). The summed E-state index contributed by atoms with van der Waals surface area (Å²) in [5.74, 6) is -0.689. The zero-order chi connectivity index (χ0) is 25.1. The van der Waals surface area contributed by atoms with Gasteiger partial charge >= 0.3 is 0 Å². The van der Waals surface area contributed by atoms with Crippen LogP contribution in [-0.2, 0) is 15.0 Å². The highest BCUT2D eigenvalue weighted by molar-refractivity contribution is 6.20. The molecule has 0 saturated heterocycles. The highest BCUT2D eigenvalue weighted by Gasteiger charge is 2.60. The molecular formula is C25H21N5O5. The normalized spacial score (nSPS) is 21.0. The molecule has 1 aliphatic carbocycles. The van der Waals surface area contributed by atoms with Gasteiger partial charge in [-0.1, -0.05) is 17.7 Å². The van der Waals surface area contributed by atoms with Crippen LogP contribution in [-0.4, -0.2) is 23.7 Å². The maximum Gasteiger partial charge on any atom is 0.296 e. The average Bonchev–Trinajstić information content (AvgIpc) is 3.11. The van der Waals surface area contributed by atoms with Gasteiger partial charge in [-0.05, 0) is 38.0 Å². The molecule has 10 nitrogen and oxygen atoms in total. The van der Waals surface area contributed by atoms with E-state index in [4.69, 9.17) is 10.5 Å². The number of nitriles is 1. The number of Topliss-reactive ketones (excluding diaryl/α,β-unsaturated/α-hetero) is 1. The van der Waals surface area contributed by atoms with E-state index in [0.29, 0.717) is 29.8 Å². The molecule has 3 N–H and O–H groups in total. The van der Waals surface area contributed by atoms with Crippen LogP contribution < -0.4 is 20.7 Å². The smallest absolute Gasteiger partial charge is 0.296 e. The first-order valence-electron chi connectivity index (χ1n) is 11.0. The predicted octanol–water partition coefficient (Wildman–Crippen LogP) is 3.32. The molecule has 0 fully saturated rings. The topological polar surface area (TPSA) is 152 Å². The van der Waals surface area contributed by atoms with E-state index >= 15 is 0 Å². The largest absolute Gasteiger partial charge is 0.496 e. The van der Waals surface area contributed by atoms with Crippen LogP contribution in [0.3, 0.4) is 0 Å². The predicted molar refractivity (Wildman–Crippen MR) is 126 cm³/mol. The molecule has 1 amide bonds. The number of nitro groups is 1. The number of carbonyl (C=O) groups is 2. The lowest BCUT2D eigenvalue weighted by molar-refractivity contribution is -0.384. The zero-order valence-corrected chi connectivity index (χ0v) is 19.0. The molecule has 176 valence electrons. The van der Waals surface area contributed by atoms with Gasteiger partial charge in [0.25, 0.3) is 5.69 Å². The van der Waals surface area contributed by atoms with Crippen molar-refractivity contribution in [1.29, 1.82) is 5.26 Å². The Labute approximate surface area is 200 Å². The summed E-state index contributed by atoms with van der Waals surface area (Å²) in [4.78, 5) is 39.9. The minimum Gasteiger partial charge on any atom is -0.496 e. The van der Waals surface area contributed by atoms with Crippen LogP contribution >= 0.6 is 0 Å². The molecular weight excluding hydrogens is 450 g/mol. The first kappa shape index (κ1) is 22.2. The molecule has 1 atom stereocenters. The minimum absolute atomic E-state index is 0.0842. The Morgan fingerprint density at radius 1 is 1.23 bits per heavy atom. The van der Waals surface area contributed by atoms with Gasteiger partial charge < -0.3 is 15.8 Å². The number of nitro benzene ring substituents is 1. The Hall–Kier alpha value is -4.65. The summed E-state index contributed by atoms with van der Waals surface area (Å²) in [5.41, 5.74) is 6.83. The Bertz CT molecular complexity index is 1450. The molecule has 2 aromatic rings. The van der Waals surface area contributed by atoms with Gasteiger partial charge in [-0.15, -0.1) is 0 Å². The van der Waals surface area contributed by atoms with E-state index in [1.807, 2.05) is 13.0 Å². The van der Waals surface area contributed by atoms with Crippen molar-refractivity contribution in [3.63, 3.8) is 0 Å². The van der Waals surface area contributed by atoms with Gasteiger partial charge in [-0.2, -0.15) is 5.26 Å². The number of anilines is 2. The molecule has 0 radical (unpaired) electrons. The maximum atomic E-state index is 13.7. The first-order chi connectivity index (χ1) is 16.7. The number of nitrogens with one attached hydrogen (secondary N) is 1. The van der Waals surface area contributed by atoms with Crippen LogP contribution in [0.1, 0.15) is 30.4 Å². The summed E-state index contributed by atoms with van der Waals surface area (Å²) >= 11 is 0. The number of methoxy groups -OCH3 is 1. The number of rotatable bonds is 3. The third kappa shape index (κ3) is 2.88. The van der Waals surface area contributed by atoms with Crippen molar-refractivity contribution in [2.24, 2.45) is 5.73 Å².